The third-order valence-corrected chi connectivity index (χ3v) is 6.83. The molecule has 136 valence electrons. The molecule has 4 atom stereocenters. The van der Waals surface area contributed by atoms with Gasteiger partial charge < -0.3 is 14.4 Å². The van der Waals surface area contributed by atoms with Crippen LogP contribution in [0.2, 0.25) is 0 Å². The molecule has 0 unspecified atom stereocenters. The van der Waals surface area contributed by atoms with Crippen LogP contribution < -0.4 is 4.74 Å². The average Bonchev–Trinajstić information content (AvgIpc) is 2.92. The lowest BCUT2D eigenvalue weighted by molar-refractivity contribution is -0.142. The van der Waals surface area contributed by atoms with E-state index in [-0.39, 0.29) is 29.4 Å². The van der Waals surface area contributed by atoms with Gasteiger partial charge in [0, 0.05) is 32.0 Å². The van der Waals surface area contributed by atoms with Gasteiger partial charge in [-0.15, -0.1) is 0 Å². The zero-order chi connectivity index (χ0) is 18.2. The number of piperidine rings is 1. The van der Waals surface area contributed by atoms with Crippen LogP contribution in [0.5, 0.6) is 5.75 Å². The van der Waals surface area contributed by atoms with E-state index in [1.807, 2.05) is 11.0 Å². The van der Waals surface area contributed by atoms with Gasteiger partial charge in [-0.1, -0.05) is 12.1 Å². The van der Waals surface area contributed by atoms with Crippen molar-refractivity contribution in [1.29, 1.82) is 0 Å². The van der Waals surface area contributed by atoms with E-state index in [1.54, 1.807) is 6.92 Å². The standard InChI is InChI=1S/C21H23NO4/c1-11-4-5-14-10-16-15-6-7-17(25-13(3)24)20-21(15,18(14)19(11)26-20)8-9-22(16)12(2)23/h4-5,7,15-16,20H,6,8-10H2,1-3H3/t15-,16+,20-,21-/m1/s1. The van der Waals surface area contributed by atoms with Crippen LogP contribution in [-0.4, -0.2) is 35.5 Å². The molecule has 0 N–H and O–H groups in total. The van der Waals surface area contributed by atoms with Crippen molar-refractivity contribution in [3.05, 3.63) is 40.7 Å². The van der Waals surface area contributed by atoms with Gasteiger partial charge in [0.05, 0.1) is 5.41 Å². The molecule has 4 aliphatic rings. The van der Waals surface area contributed by atoms with Crippen molar-refractivity contribution < 1.29 is 19.1 Å². The summed E-state index contributed by atoms with van der Waals surface area (Å²) in [6.07, 6.45) is 4.28. The first-order valence-electron chi connectivity index (χ1n) is 9.38. The smallest absolute Gasteiger partial charge is 0.307 e. The zero-order valence-electron chi connectivity index (χ0n) is 15.4. The van der Waals surface area contributed by atoms with E-state index < -0.39 is 0 Å². The van der Waals surface area contributed by atoms with Crippen molar-refractivity contribution in [3.8, 4) is 5.75 Å². The van der Waals surface area contributed by atoms with Gasteiger partial charge in [0.1, 0.15) is 11.5 Å². The van der Waals surface area contributed by atoms with E-state index in [4.69, 9.17) is 9.47 Å². The maximum atomic E-state index is 12.3. The van der Waals surface area contributed by atoms with E-state index in [1.165, 1.54) is 18.1 Å². The number of carbonyl (C=O) groups is 2. The van der Waals surface area contributed by atoms with Crippen LogP contribution in [0.4, 0.5) is 0 Å². The topological polar surface area (TPSA) is 55.8 Å². The second kappa shape index (κ2) is 5.12. The number of ether oxygens (including phenoxy) is 2. The highest BCUT2D eigenvalue weighted by atomic mass is 16.6. The lowest BCUT2D eigenvalue weighted by Crippen LogP contribution is -2.65. The van der Waals surface area contributed by atoms with Crippen LogP contribution in [-0.2, 0) is 26.2 Å². The van der Waals surface area contributed by atoms with Crippen LogP contribution in [0.3, 0.4) is 0 Å². The molecule has 5 heteroatoms. The summed E-state index contributed by atoms with van der Waals surface area (Å²) >= 11 is 0. The first kappa shape index (κ1) is 15.9. The van der Waals surface area contributed by atoms with Gasteiger partial charge in [-0.05, 0) is 49.3 Å². The SMILES string of the molecule is CC(=O)OC1=CC[C@@H]2[C@@H]3Cc4ccc(C)c5c4[C@]2(CCN3C(C)=O)[C@@H]1O5. The van der Waals surface area contributed by atoms with Crippen LogP contribution >= 0.6 is 0 Å². The van der Waals surface area contributed by atoms with Gasteiger partial charge in [-0.3, -0.25) is 9.59 Å². The first-order chi connectivity index (χ1) is 12.4. The molecule has 1 amide bonds. The van der Waals surface area contributed by atoms with Gasteiger partial charge >= 0.3 is 5.97 Å². The molecule has 1 aromatic rings. The van der Waals surface area contributed by atoms with E-state index in [0.29, 0.717) is 11.7 Å². The Bertz CT molecular complexity index is 873. The lowest BCUT2D eigenvalue weighted by atomic mass is 9.53. The van der Waals surface area contributed by atoms with Gasteiger partial charge in [0.15, 0.2) is 6.10 Å². The molecule has 1 spiro atoms. The lowest BCUT2D eigenvalue weighted by Gasteiger charge is -2.57. The Morgan fingerprint density at radius 3 is 2.85 bits per heavy atom. The molecule has 1 fully saturated rings. The molecular formula is C21H23NO4. The first-order valence-corrected chi connectivity index (χ1v) is 9.38. The highest BCUT2D eigenvalue weighted by Gasteiger charge is 2.65. The molecule has 1 aromatic carbocycles. The maximum Gasteiger partial charge on any atom is 0.307 e. The number of allylic oxidation sites excluding steroid dienone is 1. The Hall–Kier alpha value is -2.30. The largest absolute Gasteiger partial charge is 0.481 e. The molecule has 0 aromatic heterocycles. The second-order valence-corrected chi connectivity index (χ2v) is 8.06. The summed E-state index contributed by atoms with van der Waals surface area (Å²) in [6, 6.07) is 4.48. The minimum absolute atomic E-state index is 0.144. The van der Waals surface area contributed by atoms with E-state index >= 15 is 0 Å². The molecule has 2 heterocycles. The number of hydrogen-bond donors (Lipinski definition) is 0. The molecule has 5 rings (SSSR count). The molecule has 0 radical (unpaired) electrons. The van der Waals surface area contributed by atoms with Crippen molar-refractivity contribution in [1.82, 2.24) is 4.90 Å². The van der Waals surface area contributed by atoms with Gasteiger partial charge in [0.2, 0.25) is 5.91 Å². The van der Waals surface area contributed by atoms with E-state index in [9.17, 15) is 9.59 Å². The minimum Gasteiger partial charge on any atom is -0.481 e. The number of esters is 1. The van der Waals surface area contributed by atoms with Crippen LogP contribution in [0.1, 0.15) is 43.4 Å². The summed E-state index contributed by atoms with van der Waals surface area (Å²) in [6.45, 7) is 5.91. The van der Waals surface area contributed by atoms with Crippen molar-refractivity contribution in [3.63, 3.8) is 0 Å². The number of aryl methyl sites for hydroxylation is 1. The Balaban J connectivity index is 1.73. The van der Waals surface area contributed by atoms with Crippen LogP contribution in [0, 0.1) is 12.8 Å². The van der Waals surface area contributed by atoms with Gasteiger partial charge in [-0.2, -0.15) is 0 Å². The fraction of sp³-hybridized carbons (Fsp3) is 0.524. The predicted octanol–water partition coefficient (Wildman–Crippen LogP) is 2.64. The predicted molar refractivity (Wildman–Crippen MR) is 94.7 cm³/mol. The summed E-state index contributed by atoms with van der Waals surface area (Å²) in [4.78, 5) is 25.9. The number of nitrogens with zero attached hydrogens (tertiary/aromatic N) is 1. The second-order valence-electron chi connectivity index (χ2n) is 8.06. The zero-order valence-corrected chi connectivity index (χ0v) is 15.4. The molecular weight excluding hydrogens is 330 g/mol. The molecule has 2 aliphatic carbocycles. The number of likely N-dealkylation sites (tertiary alicyclic amines) is 1. The molecule has 2 bridgehead atoms. The van der Waals surface area contributed by atoms with Crippen LogP contribution in [0.25, 0.3) is 0 Å². The van der Waals surface area contributed by atoms with Crippen molar-refractivity contribution in [2.75, 3.05) is 6.54 Å². The molecule has 5 nitrogen and oxygen atoms in total. The van der Waals surface area contributed by atoms with Crippen molar-refractivity contribution >= 4 is 11.9 Å². The number of rotatable bonds is 1. The quantitative estimate of drug-likeness (QED) is 0.729. The third-order valence-electron chi connectivity index (χ3n) is 6.83. The maximum absolute atomic E-state index is 12.3. The third kappa shape index (κ3) is 1.81. The summed E-state index contributed by atoms with van der Waals surface area (Å²) < 4.78 is 12.0. The average molecular weight is 353 g/mol. The summed E-state index contributed by atoms with van der Waals surface area (Å²) in [7, 11) is 0. The highest BCUT2D eigenvalue weighted by molar-refractivity contribution is 5.75. The van der Waals surface area contributed by atoms with Crippen molar-refractivity contribution in [2.45, 2.75) is 57.6 Å². The van der Waals surface area contributed by atoms with Crippen molar-refractivity contribution in [2.24, 2.45) is 5.92 Å². The Morgan fingerprint density at radius 2 is 2.12 bits per heavy atom. The Labute approximate surface area is 153 Å². The molecule has 1 saturated heterocycles. The number of carbonyl (C=O) groups excluding carboxylic acids is 2. The molecule has 0 saturated carbocycles. The Kier molecular flexibility index (Phi) is 3.13. The highest BCUT2D eigenvalue weighted by Crippen LogP contribution is 2.62. The monoisotopic (exact) mass is 353 g/mol. The van der Waals surface area contributed by atoms with Gasteiger partial charge in [0.25, 0.3) is 0 Å². The summed E-state index contributed by atoms with van der Waals surface area (Å²) in [5.74, 6) is 1.75. The van der Waals surface area contributed by atoms with E-state index in [0.717, 1.165) is 37.1 Å². The number of benzene rings is 1. The molecule has 2 aliphatic heterocycles. The minimum atomic E-state index is -0.309. The van der Waals surface area contributed by atoms with Crippen LogP contribution in [0.15, 0.2) is 24.0 Å². The summed E-state index contributed by atoms with van der Waals surface area (Å²) in [5, 5.41) is 0. The number of hydrogen-bond acceptors (Lipinski definition) is 4. The fourth-order valence-corrected chi connectivity index (χ4v) is 5.93. The summed E-state index contributed by atoms with van der Waals surface area (Å²) in [5.41, 5.74) is 3.53. The fourth-order valence-electron chi connectivity index (χ4n) is 5.93. The van der Waals surface area contributed by atoms with E-state index in [2.05, 4.69) is 19.1 Å². The normalized spacial score (nSPS) is 33.1. The Morgan fingerprint density at radius 1 is 1.31 bits per heavy atom. The number of amides is 1. The molecule has 26 heavy (non-hydrogen) atoms. The van der Waals surface area contributed by atoms with Gasteiger partial charge in [-0.25, -0.2) is 0 Å².